The molecule has 0 atom stereocenters. The van der Waals surface area contributed by atoms with E-state index in [2.05, 4.69) is 50.2 Å². The van der Waals surface area contributed by atoms with Crippen LogP contribution in [-0.4, -0.2) is 0 Å². The van der Waals surface area contributed by atoms with E-state index in [1.165, 1.54) is 75.3 Å². The van der Waals surface area contributed by atoms with Crippen LogP contribution >= 0.6 is 0 Å². The van der Waals surface area contributed by atoms with Crippen molar-refractivity contribution in [3.8, 4) is 0 Å². The van der Waals surface area contributed by atoms with Crippen molar-refractivity contribution in [2.45, 2.75) is 96.3 Å². The van der Waals surface area contributed by atoms with Crippen molar-refractivity contribution < 1.29 is 0 Å². The van der Waals surface area contributed by atoms with Crippen LogP contribution < -0.4 is 0 Å². The van der Waals surface area contributed by atoms with Gasteiger partial charge in [0.05, 0.1) is 0 Å². The predicted octanol–water partition coefficient (Wildman–Crippen LogP) is 7.99. The zero-order valence-electron chi connectivity index (χ0n) is 17.4. The van der Waals surface area contributed by atoms with Crippen molar-refractivity contribution in [1.29, 1.82) is 0 Å². The van der Waals surface area contributed by atoms with E-state index in [0.717, 1.165) is 18.3 Å². The van der Waals surface area contributed by atoms with Crippen LogP contribution in [0.2, 0.25) is 0 Å². The Hall–Kier alpha value is -1.56. The monoisotopic (exact) mass is 360 g/mol. The van der Waals surface area contributed by atoms with Gasteiger partial charge in [-0.25, -0.2) is 0 Å². The van der Waals surface area contributed by atoms with E-state index in [9.17, 15) is 0 Å². The van der Waals surface area contributed by atoms with E-state index in [1.807, 2.05) is 0 Å². The Bertz CT molecular complexity index is 692. The summed E-state index contributed by atoms with van der Waals surface area (Å²) in [4.78, 5) is 0. The summed E-state index contributed by atoms with van der Waals surface area (Å²) in [6, 6.07) is 14.5. The normalized spacial score (nSPS) is 19.3. The fourth-order valence-corrected chi connectivity index (χ4v) is 5.54. The molecule has 0 nitrogen and oxygen atoms in total. The van der Waals surface area contributed by atoms with Crippen molar-refractivity contribution in [3.63, 3.8) is 0 Å². The maximum atomic E-state index is 2.50. The quantitative estimate of drug-likeness (QED) is 0.518. The molecule has 144 valence electrons. The van der Waals surface area contributed by atoms with Crippen LogP contribution in [0.4, 0.5) is 0 Å². The molecule has 4 rings (SSSR count). The predicted molar refractivity (Wildman–Crippen MR) is 117 cm³/mol. The zero-order valence-corrected chi connectivity index (χ0v) is 17.4. The van der Waals surface area contributed by atoms with E-state index >= 15 is 0 Å². The van der Waals surface area contributed by atoms with Crippen LogP contribution in [0, 0.1) is 13.8 Å². The van der Waals surface area contributed by atoms with E-state index < -0.39 is 0 Å². The third-order valence-corrected chi connectivity index (χ3v) is 7.07. The van der Waals surface area contributed by atoms with Gasteiger partial charge in [0.1, 0.15) is 0 Å². The summed E-state index contributed by atoms with van der Waals surface area (Å²) in [7, 11) is 0. The number of aryl methyl sites for hydroxylation is 2. The van der Waals surface area contributed by atoms with Gasteiger partial charge in [-0.3, -0.25) is 0 Å². The minimum absolute atomic E-state index is 0.789. The molecule has 2 aromatic rings. The molecule has 0 saturated heterocycles. The number of hydrogen-bond donors (Lipinski definition) is 0. The zero-order chi connectivity index (χ0) is 18.6. The number of rotatable bonds is 4. The molecule has 0 aromatic heterocycles. The highest BCUT2D eigenvalue weighted by atomic mass is 14.3. The molecule has 0 aliphatic heterocycles. The van der Waals surface area contributed by atoms with Gasteiger partial charge in [0, 0.05) is 0 Å². The molecule has 0 N–H and O–H groups in total. The third-order valence-electron chi connectivity index (χ3n) is 7.07. The molecule has 2 aromatic carbocycles. The first-order valence-electron chi connectivity index (χ1n) is 11.4. The first-order chi connectivity index (χ1) is 13.2. The summed E-state index contributed by atoms with van der Waals surface area (Å²) in [5.74, 6) is 1.58. The second kappa shape index (κ2) is 8.63. The van der Waals surface area contributed by atoms with Gasteiger partial charge in [-0.2, -0.15) is 0 Å². The Morgan fingerprint density at radius 3 is 1.41 bits per heavy atom. The highest BCUT2D eigenvalue weighted by Gasteiger charge is 2.22. The molecule has 0 heterocycles. The molecule has 0 heteroatoms. The fourth-order valence-electron chi connectivity index (χ4n) is 5.54. The Kier molecular flexibility index (Phi) is 6.01. The van der Waals surface area contributed by atoms with Gasteiger partial charge >= 0.3 is 0 Å². The van der Waals surface area contributed by atoms with Gasteiger partial charge in [0.25, 0.3) is 0 Å². The van der Waals surface area contributed by atoms with Gasteiger partial charge in [-0.15, -0.1) is 0 Å². The summed E-state index contributed by atoms with van der Waals surface area (Å²) in [6.45, 7) is 4.52. The summed E-state index contributed by atoms with van der Waals surface area (Å²) in [6.07, 6.45) is 15.2. The average molecular weight is 361 g/mol. The van der Waals surface area contributed by atoms with Crippen LogP contribution in [0.25, 0.3) is 0 Å². The topological polar surface area (TPSA) is 0 Å². The summed E-state index contributed by atoms with van der Waals surface area (Å²) < 4.78 is 0. The van der Waals surface area contributed by atoms with Crippen LogP contribution in [0.3, 0.4) is 0 Å². The maximum absolute atomic E-state index is 2.50. The van der Waals surface area contributed by atoms with Crippen LogP contribution in [-0.2, 0) is 6.42 Å². The van der Waals surface area contributed by atoms with Gasteiger partial charge in [-0.05, 0) is 80.0 Å². The molecule has 0 radical (unpaired) electrons. The largest absolute Gasteiger partial charge is 0.0590 e. The molecular formula is C27H36. The van der Waals surface area contributed by atoms with Crippen LogP contribution in [0.5, 0.6) is 0 Å². The van der Waals surface area contributed by atoms with Gasteiger partial charge in [-0.1, -0.05) is 86.1 Å². The molecule has 2 saturated carbocycles. The average Bonchev–Trinajstić information content (AvgIpc) is 2.72. The van der Waals surface area contributed by atoms with Crippen molar-refractivity contribution in [1.82, 2.24) is 0 Å². The molecule has 0 unspecified atom stereocenters. The lowest BCUT2D eigenvalue weighted by molar-refractivity contribution is 0.439. The molecule has 2 aliphatic rings. The van der Waals surface area contributed by atoms with Crippen molar-refractivity contribution in [3.05, 3.63) is 69.8 Å². The minimum Gasteiger partial charge on any atom is -0.0590 e. The van der Waals surface area contributed by atoms with Gasteiger partial charge < -0.3 is 0 Å². The summed E-state index contributed by atoms with van der Waals surface area (Å²) in [5, 5.41) is 0. The van der Waals surface area contributed by atoms with E-state index in [-0.39, 0.29) is 0 Å². The lowest BCUT2D eigenvalue weighted by Crippen LogP contribution is -2.11. The second-order valence-corrected chi connectivity index (χ2v) is 9.25. The van der Waals surface area contributed by atoms with Crippen LogP contribution in [0.1, 0.15) is 109 Å². The Morgan fingerprint density at radius 1 is 0.593 bits per heavy atom. The van der Waals surface area contributed by atoms with Gasteiger partial charge in [0.15, 0.2) is 0 Å². The van der Waals surface area contributed by atoms with Crippen LogP contribution in [0.15, 0.2) is 36.4 Å². The molecule has 0 bridgehead atoms. The lowest BCUT2D eigenvalue weighted by atomic mass is 9.78. The fraction of sp³-hybridized carbons (Fsp3) is 0.556. The van der Waals surface area contributed by atoms with Crippen molar-refractivity contribution in [2.75, 3.05) is 0 Å². The van der Waals surface area contributed by atoms with E-state index in [0.29, 0.717) is 0 Å². The maximum Gasteiger partial charge on any atom is -0.00201 e. The summed E-state index contributed by atoms with van der Waals surface area (Å²) in [5.41, 5.74) is 9.35. The third kappa shape index (κ3) is 4.48. The minimum atomic E-state index is 0.789. The molecule has 2 aliphatic carbocycles. The van der Waals surface area contributed by atoms with E-state index in [4.69, 9.17) is 0 Å². The molecular weight excluding hydrogens is 324 g/mol. The molecule has 2 fully saturated rings. The molecule has 27 heavy (non-hydrogen) atoms. The Morgan fingerprint density at radius 2 is 1.00 bits per heavy atom. The smallest absolute Gasteiger partial charge is 0.00201 e. The first kappa shape index (κ1) is 18.8. The summed E-state index contributed by atoms with van der Waals surface area (Å²) >= 11 is 0. The van der Waals surface area contributed by atoms with Crippen molar-refractivity contribution in [2.24, 2.45) is 0 Å². The Balaban J connectivity index is 1.66. The Labute approximate surface area is 166 Å². The lowest BCUT2D eigenvalue weighted by Gasteiger charge is -2.27. The first-order valence-corrected chi connectivity index (χ1v) is 11.4. The number of hydrogen-bond acceptors (Lipinski definition) is 0. The molecule has 0 spiro atoms. The van der Waals surface area contributed by atoms with E-state index in [1.54, 1.807) is 22.3 Å². The van der Waals surface area contributed by atoms with Gasteiger partial charge in [0.2, 0.25) is 0 Å². The second-order valence-electron chi connectivity index (χ2n) is 9.25. The SMILES string of the molecule is Cc1ccc(Cc2ccc(C)cc2C2CCCCC2)c(C2CCCCC2)c1. The molecule has 0 amide bonds. The standard InChI is InChI=1S/C27H36/c1-20-13-15-24(26(17-20)22-9-5-3-6-10-22)19-25-16-14-21(2)18-27(25)23-11-7-4-8-12-23/h13-18,22-23H,3-12,19H2,1-2H3. The highest BCUT2D eigenvalue weighted by molar-refractivity contribution is 5.42. The number of benzene rings is 2. The van der Waals surface area contributed by atoms with Crippen molar-refractivity contribution >= 4 is 0 Å². The highest BCUT2D eigenvalue weighted by Crippen LogP contribution is 2.38.